The third kappa shape index (κ3) is 3.34. The molecule has 0 amide bonds. The first-order chi connectivity index (χ1) is 10.9. The lowest BCUT2D eigenvalue weighted by molar-refractivity contribution is 0.505. The fourth-order valence-corrected chi connectivity index (χ4v) is 3.25. The Bertz CT molecular complexity index is 697. The lowest BCUT2D eigenvalue weighted by Crippen LogP contribution is -2.23. The topological polar surface area (TPSA) is 12.0 Å². The highest BCUT2D eigenvalue weighted by molar-refractivity contribution is 5.41. The lowest BCUT2D eigenvalue weighted by Gasteiger charge is -2.30. The van der Waals surface area contributed by atoms with E-state index < -0.39 is 0 Å². The van der Waals surface area contributed by atoms with Gasteiger partial charge in [0.1, 0.15) is 0 Å². The van der Waals surface area contributed by atoms with Gasteiger partial charge >= 0.3 is 0 Å². The van der Waals surface area contributed by atoms with Gasteiger partial charge in [0.05, 0.1) is 6.04 Å². The Labute approximate surface area is 140 Å². The molecule has 1 heterocycles. The summed E-state index contributed by atoms with van der Waals surface area (Å²) in [7, 11) is 0. The van der Waals surface area contributed by atoms with Gasteiger partial charge in [0.2, 0.25) is 0 Å². The van der Waals surface area contributed by atoms with E-state index in [1.807, 2.05) is 0 Å². The minimum absolute atomic E-state index is 0.103. The number of allylic oxidation sites excluding steroid dienone is 6. The zero-order valence-electron chi connectivity index (χ0n) is 14.6. The van der Waals surface area contributed by atoms with Crippen LogP contribution in [0.2, 0.25) is 0 Å². The summed E-state index contributed by atoms with van der Waals surface area (Å²) in [6.07, 6.45) is 16.6. The number of dihydropyridines is 1. The molecular weight excluding hydrogens is 278 g/mol. The SMILES string of the molecule is CC(C)(C)C1=CC(c2cccc(C3(C)C=CC=CC3)c2)NC=C1. The van der Waals surface area contributed by atoms with Gasteiger partial charge in [-0.2, -0.15) is 0 Å². The quantitative estimate of drug-likeness (QED) is 0.751. The second-order valence-electron chi connectivity index (χ2n) is 7.88. The van der Waals surface area contributed by atoms with Crippen LogP contribution in [0, 0.1) is 5.41 Å². The van der Waals surface area contributed by atoms with Crippen LogP contribution in [-0.2, 0) is 5.41 Å². The van der Waals surface area contributed by atoms with Crippen LogP contribution < -0.4 is 5.32 Å². The molecule has 23 heavy (non-hydrogen) atoms. The van der Waals surface area contributed by atoms with Crippen LogP contribution in [-0.4, -0.2) is 0 Å². The molecule has 0 bridgehead atoms. The molecule has 2 unspecified atom stereocenters. The molecule has 1 N–H and O–H groups in total. The van der Waals surface area contributed by atoms with Crippen LogP contribution in [0.15, 0.2) is 72.5 Å². The molecule has 0 radical (unpaired) electrons. The maximum Gasteiger partial charge on any atom is 0.0698 e. The van der Waals surface area contributed by atoms with E-state index in [0.29, 0.717) is 0 Å². The minimum atomic E-state index is 0.103. The average Bonchev–Trinajstić information content (AvgIpc) is 2.55. The van der Waals surface area contributed by atoms with Crippen LogP contribution in [0.25, 0.3) is 0 Å². The Morgan fingerprint density at radius 2 is 2.00 bits per heavy atom. The van der Waals surface area contributed by atoms with Gasteiger partial charge in [-0.15, -0.1) is 0 Å². The van der Waals surface area contributed by atoms with Gasteiger partial charge in [-0.3, -0.25) is 0 Å². The molecule has 3 rings (SSSR count). The fraction of sp³-hybridized carbons (Fsp3) is 0.364. The van der Waals surface area contributed by atoms with Crippen LogP contribution in [0.5, 0.6) is 0 Å². The van der Waals surface area contributed by atoms with Crippen molar-refractivity contribution in [2.75, 3.05) is 0 Å². The molecule has 0 saturated heterocycles. The zero-order valence-corrected chi connectivity index (χ0v) is 14.6. The molecule has 1 heteroatoms. The average molecular weight is 305 g/mol. The lowest BCUT2D eigenvalue weighted by atomic mass is 9.76. The minimum Gasteiger partial charge on any atom is -0.381 e. The molecule has 0 saturated carbocycles. The van der Waals surface area contributed by atoms with Crippen molar-refractivity contribution < 1.29 is 0 Å². The van der Waals surface area contributed by atoms with E-state index in [4.69, 9.17) is 0 Å². The normalized spacial score (nSPS) is 26.8. The van der Waals surface area contributed by atoms with Crippen molar-refractivity contribution in [3.05, 3.63) is 83.6 Å². The summed E-state index contributed by atoms with van der Waals surface area (Å²) in [5.41, 5.74) is 4.39. The van der Waals surface area contributed by atoms with Crippen LogP contribution in [0.1, 0.15) is 51.3 Å². The highest BCUT2D eigenvalue weighted by Gasteiger charge is 2.25. The first-order valence-corrected chi connectivity index (χ1v) is 8.48. The van der Waals surface area contributed by atoms with Gasteiger partial charge in [-0.25, -0.2) is 0 Å². The summed E-state index contributed by atoms with van der Waals surface area (Å²) >= 11 is 0. The van der Waals surface area contributed by atoms with E-state index in [2.05, 4.69) is 99.9 Å². The monoisotopic (exact) mass is 305 g/mol. The van der Waals surface area contributed by atoms with Crippen molar-refractivity contribution in [3.63, 3.8) is 0 Å². The van der Waals surface area contributed by atoms with Crippen molar-refractivity contribution in [2.45, 2.75) is 45.6 Å². The summed E-state index contributed by atoms with van der Waals surface area (Å²) in [4.78, 5) is 0. The predicted molar refractivity (Wildman–Crippen MR) is 99.2 cm³/mol. The van der Waals surface area contributed by atoms with Gasteiger partial charge in [-0.1, -0.05) is 82.3 Å². The van der Waals surface area contributed by atoms with E-state index in [0.717, 1.165) is 6.42 Å². The summed E-state index contributed by atoms with van der Waals surface area (Å²) < 4.78 is 0. The van der Waals surface area contributed by atoms with E-state index in [-0.39, 0.29) is 16.9 Å². The molecule has 2 atom stereocenters. The van der Waals surface area contributed by atoms with E-state index in [9.17, 15) is 0 Å². The third-order valence-electron chi connectivity index (χ3n) is 4.91. The Kier molecular flexibility index (Phi) is 4.06. The predicted octanol–water partition coefficient (Wildman–Crippen LogP) is 5.59. The first-order valence-electron chi connectivity index (χ1n) is 8.48. The standard InChI is InChI=1S/C22H27N/c1-21(2,3)18-11-14-23-20(16-18)17-9-8-10-19(15-17)22(4)12-6-5-7-13-22/h5-12,14-16,20,23H,13H2,1-4H3. The Balaban J connectivity index is 1.92. The maximum atomic E-state index is 3.49. The van der Waals surface area contributed by atoms with Crippen LogP contribution in [0.4, 0.5) is 0 Å². The molecule has 120 valence electrons. The Hall–Kier alpha value is -2.02. The molecular formula is C22H27N. The van der Waals surface area contributed by atoms with Crippen molar-refractivity contribution >= 4 is 0 Å². The first kappa shape index (κ1) is 15.9. The number of rotatable bonds is 2. The molecule has 1 aromatic rings. The molecule has 1 aromatic carbocycles. The van der Waals surface area contributed by atoms with Crippen molar-refractivity contribution in [1.82, 2.24) is 5.32 Å². The van der Waals surface area contributed by atoms with Gasteiger partial charge < -0.3 is 5.32 Å². The highest BCUT2D eigenvalue weighted by Crippen LogP contribution is 2.35. The third-order valence-corrected chi connectivity index (χ3v) is 4.91. The molecule has 1 aliphatic heterocycles. The van der Waals surface area contributed by atoms with E-state index >= 15 is 0 Å². The smallest absolute Gasteiger partial charge is 0.0698 e. The molecule has 1 aliphatic carbocycles. The molecule has 0 aromatic heterocycles. The van der Waals surface area contributed by atoms with Crippen LogP contribution >= 0.6 is 0 Å². The molecule has 0 spiro atoms. The van der Waals surface area contributed by atoms with Gasteiger partial charge in [0.25, 0.3) is 0 Å². The van der Waals surface area contributed by atoms with E-state index in [1.54, 1.807) is 0 Å². The van der Waals surface area contributed by atoms with Crippen molar-refractivity contribution in [1.29, 1.82) is 0 Å². The molecule has 2 aliphatic rings. The number of nitrogens with one attached hydrogen (secondary N) is 1. The molecule has 1 nitrogen and oxygen atoms in total. The largest absolute Gasteiger partial charge is 0.381 e. The summed E-state index contributed by atoms with van der Waals surface area (Å²) in [6.45, 7) is 9.11. The number of hydrogen-bond acceptors (Lipinski definition) is 1. The van der Waals surface area contributed by atoms with Gasteiger partial charge in [0, 0.05) is 5.41 Å². The summed E-state index contributed by atoms with van der Waals surface area (Å²) in [5, 5.41) is 3.49. The highest BCUT2D eigenvalue weighted by atomic mass is 14.9. The zero-order chi connectivity index (χ0) is 16.5. The van der Waals surface area contributed by atoms with Gasteiger partial charge in [0.15, 0.2) is 0 Å². The molecule has 0 fully saturated rings. The Morgan fingerprint density at radius 3 is 2.70 bits per heavy atom. The van der Waals surface area contributed by atoms with Gasteiger partial charge in [-0.05, 0) is 40.8 Å². The maximum absolute atomic E-state index is 3.49. The fourth-order valence-electron chi connectivity index (χ4n) is 3.25. The van der Waals surface area contributed by atoms with Crippen molar-refractivity contribution in [2.24, 2.45) is 5.41 Å². The second kappa shape index (κ2) is 5.88. The number of benzene rings is 1. The summed E-state index contributed by atoms with van der Waals surface area (Å²) in [6, 6.07) is 9.27. The van der Waals surface area contributed by atoms with E-state index in [1.165, 1.54) is 16.7 Å². The summed E-state index contributed by atoms with van der Waals surface area (Å²) in [5.74, 6) is 0. The van der Waals surface area contributed by atoms with Crippen molar-refractivity contribution in [3.8, 4) is 0 Å². The van der Waals surface area contributed by atoms with Crippen LogP contribution in [0.3, 0.4) is 0 Å². The Morgan fingerprint density at radius 1 is 1.17 bits per heavy atom. The second-order valence-corrected chi connectivity index (χ2v) is 7.88. The number of hydrogen-bond donors (Lipinski definition) is 1.